The molecule has 1 aromatic heterocycles. The highest BCUT2D eigenvalue weighted by molar-refractivity contribution is 5.83. The Balaban J connectivity index is 0.000000412. The minimum atomic E-state index is -1.14. The van der Waals surface area contributed by atoms with Crippen LogP contribution in [0, 0.1) is 6.92 Å². The molecule has 0 saturated heterocycles. The van der Waals surface area contributed by atoms with Gasteiger partial charge in [0.05, 0.1) is 5.84 Å². The first-order valence-corrected chi connectivity index (χ1v) is 10.5. The van der Waals surface area contributed by atoms with Crippen molar-refractivity contribution in [3.8, 4) is 11.1 Å². The highest BCUT2D eigenvalue weighted by atomic mass is 16.4. The van der Waals surface area contributed by atoms with Gasteiger partial charge in [-0.3, -0.25) is 14.2 Å². The first kappa shape index (κ1) is 24.1. The molecule has 1 aliphatic rings. The molecule has 0 amide bonds. The molecule has 2 aromatic rings. The second-order valence-corrected chi connectivity index (χ2v) is 7.79. The maximum atomic E-state index is 12.9. The van der Waals surface area contributed by atoms with E-state index < -0.39 is 18.1 Å². The molecule has 1 fully saturated rings. The van der Waals surface area contributed by atoms with E-state index in [0.29, 0.717) is 17.2 Å². The number of pyridine rings is 1. The molecule has 0 unspecified atom stereocenters. The average molecular weight is 425 g/mol. The van der Waals surface area contributed by atoms with E-state index in [-0.39, 0.29) is 11.7 Å². The van der Waals surface area contributed by atoms with Gasteiger partial charge in [0.15, 0.2) is 0 Å². The van der Waals surface area contributed by atoms with E-state index >= 15 is 0 Å². The van der Waals surface area contributed by atoms with Gasteiger partial charge in [-0.25, -0.2) is 4.99 Å². The van der Waals surface area contributed by atoms with Crippen LogP contribution in [0.25, 0.3) is 17.2 Å². The topological polar surface area (TPSA) is 124 Å². The number of aryl methyl sites for hydroxylation is 1. The predicted molar refractivity (Wildman–Crippen MR) is 127 cm³/mol. The lowest BCUT2D eigenvalue weighted by molar-refractivity contribution is -0.137. The van der Waals surface area contributed by atoms with Crippen LogP contribution in [0.15, 0.2) is 46.7 Å². The summed E-state index contributed by atoms with van der Waals surface area (Å²) in [7, 11) is 0. The number of carbonyl (C=O) groups is 1. The van der Waals surface area contributed by atoms with Crippen molar-refractivity contribution < 1.29 is 9.90 Å². The number of aromatic nitrogens is 1. The Hall–Kier alpha value is -3.19. The van der Waals surface area contributed by atoms with E-state index in [1.807, 2.05) is 31.2 Å². The molecule has 1 aliphatic carbocycles. The summed E-state index contributed by atoms with van der Waals surface area (Å²) in [6.45, 7) is 6.68. The number of amidine groups is 1. The first-order chi connectivity index (χ1) is 14.7. The highest BCUT2D eigenvalue weighted by Crippen LogP contribution is 2.27. The Morgan fingerprint density at radius 1 is 1.26 bits per heavy atom. The smallest absolute Gasteiger partial charge is 0.323 e. The van der Waals surface area contributed by atoms with Crippen molar-refractivity contribution in [2.75, 3.05) is 0 Å². The van der Waals surface area contributed by atoms with Gasteiger partial charge >= 0.3 is 5.97 Å². The zero-order valence-corrected chi connectivity index (χ0v) is 18.3. The molecular weight excluding hydrogens is 392 g/mol. The first-order valence-electron chi connectivity index (χ1n) is 10.5. The van der Waals surface area contributed by atoms with Crippen LogP contribution < -0.4 is 17.0 Å². The van der Waals surface area contributed by atoms with Crippen molar-refractivity contribution in [2.45, 2.75) is 58.5 Å². The van der Waals surface area contributed by atoms with Crippen LogP contribution in [0.3, 0.4) is 0 Å². The van der Waals surface area contributed by atoms with Gasteiger partial charge in [-0.15, -0.1) is 0 Å². The fourth-order valence-electron chi connectivity index (χ4n) is 3.61. The molecule has 3 rings (SSSR count). The van der Waals surface area contributed by atoms with E-state index in [1.54, 1.807) is 13.0 Å². The molecule has 166 valence electrons. The molecule has 1 aromatic carbocycles. The summed E-state index contributed by atoms with van der Waals surface area (Å²) >= 11 is 0. The molecule has 0 aliphatic heterocycles. The number of nitrogens with two attached hydrogens (primary N) is 2. The maximum Gasteiger partial charge on any atom is 0.323 e. The number of aliphatic imine (C=N–C) groups is 1. The number of carboxylic acids is 1. The number of benzene rings is 1. The molecule has 0 atom stereocenters. The summed E-state index contributed by atoms with van der Waals surface area (Å²) in [5.41, 5.74) is 13.4. The van der Waals surface area contributed by atoms with Crippen LogP contribution >= 0.6 is 0 Å². The summed E-state index contributed by atoms with van der Waals surface area (Å²) in [6.07, 6.45) is 8.19. The second-order valence-electron chi connectivity index (χ2n) is 7.79. The Labute approximate surface area is 183 Å². The predicted octanol–water partition coefficient (Wildman–Crippen LogP) is 3.84. The molecule has 1 heterocycles. The van der Waals surface area contributed by atoms with Crippen molar-refractivity contribution in [3.05, 3.63) is 58.4 Å². The molecule has 31 heavy (non-hydrogen) atoms. The largest absolute Gasteiger partial charge is 0.480 e. The van der Waals surface area contributed by atoms with Crippen LogP contribution in [0.2, 0.25) is 0 Å². The van der Waals surface area contributed by atoms with Gasteiger partial charge in [0.1, 0.15) is 12.4 Å². The third kappa shape index (κ3) is 6.65. The molecular formula is C24H32N4O3. The summed E-state index contributed by atoms with van der Waals surface area (Å²) in [4.78, 5) is 28.2. The number of hydrogen-bond donors (Lipinski definition) is 3. The van der Waals surface area contributed by atoms with Gasteiger partial charge in [-0.05, 0) is 43.9 Å². The Morgan fingerprint density at radius 3 is 2.39 bits per heavy atom. The van der Waals surface area contributed by atoms with Gasteiger partial charge in [-0.2, -0.15) is 0 Å². The second kappa shape index (κ2) is 11.3. The summed E-state index contributed by atoms with van der Waals surface area (Å²) in [6, 6.07) is 9.61. The summed E-state index contributed by atoms with van der Waals surface area (Å²) in [5, 5.41) is 9.16. The van der Waals surface area contributed by atoms with Gasteiger partial charge < -0.3 is 16.6 Å². The molecule has 5 N–H and O–H groups in total. The number of aliphatic carboxylic acids is 1. The minimum Gasteiger partial charge on any atom is -0.480 e. The third-order valence-corrected chi connectivity index (χ3v) is 5.17. The van der Waals surface area contributed by atoms with E-state index in [0.717, 1.165) is 15.7 Å². The van der Waals surface area contributed by atoms with E-state index in [1.165, 1.54) is 38.2 Å². The van der Waals surface area contributed by atoms with Crippen molar-refractivity contribution in [1.29, 1.82) is 0 Å². The lowest BCUT2D eigenvalue weighted by Gasteiger charge is -2.15. The Bertz CT molecular complexity index is 1010. The minimum absolute atomic E-state index is 0.190. The Kier molecular flexibility index (Phi) is 8.75. The van der Waals surface area contributed by atoms with Gasteiger partial charge in [0, 0.05) is 17.2 Å². The average Bonchev–Trinajstić information content (AvgIpc) is 2.72. The molecule has 7 heteroatoms. The van der Waals surface area contributed by atoms with Gasteiger partial charge in [-0.1, -0.05) is 56.2 Å². The number of nitrogens with zero attached hydrogens (tertiary/aromatic N) is 2. The number of carboxylic acid groups (broad SMARTS) is 1. The van der Waals surface area contributed by atoms with Crippen LogP contribution in [0.1, 0.15) is 50.2 Å². The van der Waals surface area contributed by atoms with Crippen molar-refractivity contribution >= 4 is 23.7 Å². The number of rotatable bonds is 5. The third-order valence-electron chi connectivity index (χ3n) is 5.17. The molecule has 1 saturated carbocycles. The monoisotopic (exact) mass is 424 g/mol. The fraction of sp³-hybridized carbons (Fsp3) is 0.375. The Morgan fingerprint density at radius 2 is 1.90 bits per heavy atom. The van der Waals surface area contributed by atoms with Gasteiger partial charge in [0.25, 0.3) is 5.56 Å². The van der Waals surface area contributed by atoms with E-state index in [9.17, 15) is 9.59 Å². The zero-order chi connectivity index (χ0) is 23.0. The SMILES string of the molecule is C=Cc1cc(-c2ccccc2C)c(=O)n(CC(=O)O)c1/N=C(\C)N.NC1CCCCC1. The van der Waals surface area contributed by atoms with Crippen molar-refractivity contribution in [1.82, 2.24) is 4.57 Å². The fourth-order valence-corrected chi connectivity index (χ4v) is 3.61. The summed E-state index contributed by atoms with van der Waals surface area (Å²) in [5.74, 6) is -0.727. The van der Waals surface area contributed by atoms with Crippen LogP contribution in [0.4, 0.5) is 5.82 Å². The van der Waals surface area contributed by atoms with E-state index in [4.69, 9.17) is 16.6 Å². The standard InChI is InChI=1S/C18H19N3O3.C6H13N/c1-4-13-9-15(14-8-6-5-7-11(14)2)18(24)21(10-16(22)23)17(13)20-12(3)19;7-6-4-2-1-3-5-6/h4-9H,1,10H2,2-3H3,(H2,19,20)(H,22,23);6H,1-5,7H2. The maximum absolute atomic E-state index is 12.9. The lowest BCUT2D eigenvalue weighted by atomic mass is 9.97. The van der Waals surface area contributed by atoms with Gasteiger partial charge in [0.2, 0.25) is 0 Å². The highest BCUT2D eigenvalue weighted by Gasteiger charge is 2.17. The van der Waals surface area contributed by atoms with Crippen LogP contribution in [-0.4, -0.2) is 27.5 Å². The quantitative estimate of drug-likeness (QED) is 0.497. The van der Waals surface area contributed by atoms with Crippen molar-refractivity contribution in [3.63, 3.8) is 0 Å². The molecule has 0 spiro atoms. The summed E-state index contributed by atoms with van der Waals surface area (Å²) < 4.78 is 1.11. The van der Waals surface area contributed by atoms with Crippen molar-refractivity contribution in [2.24, 2.45) is 16.5 Å². The van der Waals surface area contributed by atoms with E-state index in [2.05, 4.69) is 11.6 Å². The normalized spacial score (nSPS) is 14.5. The van der Waals surface area contributed by atoms with Crippen LogP contribution in [0.5, 0.6) is 0 Å². The molecule has 0 bridgehead atoms. The lowest BCUT2D eigenvalue weighted by Crippen LogP contribution is -2.26. The zero-order valence-electron chi connectivity index (χ0n) is 18.3. The number of hydrogen-bond acceptors (Lipinski definition) is 4. The van der Waals surface area contributed by atoms with Crippen LogP contribution in [-0.2, 0) is 11.3 Å². The molecule has 7 nitrogen and oxygen atoms in total. The molecule has 0 radical (unpaired) electrons.